The molecule has 1 atom stereocenters. The van der Waals surface area contributed by atoms with Gasteiger partial charge in [-0.1, -0.05) is 0 Å². The molecule has 0 unspecified atom stereocenters. The van der Waals surface area contributed by atoms with Gasteiger partial charge in [-0.05, 0) is 57.4 Å². The molecule has 0 aromatic carbocycles. The largest absolute Gasteiger partial charge is 0.481 e. The molecule has 3 fully saturated rings. The number of nitrogens with one attached hydrogen (secondary N) is 2. The molecule has 5 rings (SSSR count). The lowest BCUT2D eigenvalue weighted by Crippen LogP contribution is -2.52. The number of pyridine rings is 1. The van der Waals surface area contributed by atoms with E-state index in [1.54, 1.807) is 11.0 Å². The first-order valence-corrected chi connectivity index (χ1v) is 13.3. The number of amides is 2. The summed E-state index contributed by atoms with van der Waals surface area (Å²) in [4.78, 5) is 32.0. The Morgan fingerprint density at radius 3 is 2.58 bits per heavy atom. The molecule has 0 radical (unpaired) electrons. The summed E-state index contributed by atoms with van der Waals surface area (Å²) in [7, 11) is 1.41. The Hall–Kier alpha value is -3.69. The molecule has 2 aliphatic carbocycles. The molecule has 2 amide bonds. The van der Waals surface area contributed by atoms with Gasteiger partial charge >= 0.3 is 6.18 Å². The first-order chi connectivity index (χ1) is 19.0. The monoisotopic (exact) mass is 562 g/mol. The van der Waals surface area contributed by atoms with Crippen molar-refractivity contribution in [3.63, 3.8) is 0 Å². The molecule has 1 aliphatic heterocycles. The molecule has 9 nitrogen and oxygen atoms in total. The van der Waals surface area contributed by atoms with Gasteiger partial charge in [0.1, 0.15) is 0 Å². The van der Waals surface area contributed by atoms with Gasteiger partial charge in [-0.2, -0.15) is 23.5 Å². The van der Waals surface area contributed by atoms with Crippen molar-refractivity contribution in [3.8, 4) is 23.2 Å². The number of ether oxygens (including phenoxy) is 1. The van der Waals surface area contributed by atoms with Crippen LogP contribution in [0, 0.1) is 28.5 Å². The Morgan fingerprint density at radius 1 is 1.23 bits per heavy atom. The van der Waals surface area contributed by atoms with E-state index >= 15 is 0 Å². The van der Waals surface area contributed by atoms with Gasteiger partial charge in [0.05, 0.1) is 30.5 Å². The van der Waals surface area contributed by atoms with Crippen molar-refractivity contribution in [2.75, 3.05) is 13.7 Å². The Labute approximate surface area is 228 Å². The van der Waals surface area contributed by atoms with Gasteiger partial charge in [-0.15, -0.1) is 0 Å². The van der Waals surface area contributed by atoms with Crippen LogP contribution in [0.15, 0.2) is 18.3 Å². The molecule has 1 saturated heterocycles. The minimum atomic E-state index is -4.45. The van der Waals surface area contributed by atoms with E-state index in [-0.39, 0.29) is 66.6 Å². The van der Waals surface area contributed by atoms with Crippen LogP contribution in [-0.2, 0) is 4.79 Å². The van der Waals surface area contributed by atoms with Crippen molar-refractivity contribution in [2.45, 2.75) is 75.5 Å². The average molecular weight is 563 g/mol. The number of carbonyl (C=O) groups is 2. The molecular formula is C27H30F4N6O3. The summed E-state index contributed by atoms with van der Waals surface area (Å²) in [6.07, 6.45) is -1.68. The number of H-pyrrole nitrogens is 1. The van der Waals surface area contributed by atoms with Crippen molar-refractivity contribution >= 4 is 11.8 Å². The van der Waals surface area contributed by atoms with E-state index in [0.717, 1.165) is 19.0 Å². The van der Waals surface area contributed by atoms with Gasteiger partial charge in [-0.25, -0.2) is 9.37 Å². The van der Waals surface area contributed by atoms with Crippen LogP contribution in [0.3, 0.4) is 0 Å². The molecule has 40 heavy (non-hydrogen) atoms. The normalized spacial score (nSPS) is 25.8. The number of nitrogens with zero attached hydrogens (tertiary/aromatic N) is 4. The number of halogens is 4. The zero-order valence-corrected chi connectivity index (χ0v) is 22.0. The summed E-state index contributed by atoms with van der Waals surface area (Å²) in [6, 6.07) is 4.19. The topological polar surface area (TPSA) is 124 Å². The Bertz CT molecular complexity index is 1320. The smallest absolute Gasteiger partial charge is 0.395 e. The van der Waals surface area contributed by atoms with E-state index in [9.17, 15) is 27.2 Å². The highest BCUT2D eigenvalue weighted by Crippen LogP contribution is 2.52. The van der Waals surface area contributed by atoms with Crippen molar-refractivity contribution in [1.29, 1.82) is 5.26 Å². The Morgan fingerprint density at radius 2 is 1.95 bits per heavy atom. The van der Waals surface area contributed by atoms with Crippen LogP contribution in [0.1, 0.15) is 68.3 Å². The van der Waals surface area contributed by atoms with E-state index in [1.165, 1.54) is 19.2 Å². The lowest BCUT2D eigenvalue weighted by Gasteiger charge is -2.42. The van der Waals surface area contributed by atoms with E-state index in [1.807, 2.05) is 0 Å². The van der Waals surface area contributed by atoms with Gasteiger partial charge in [0.25, 0.3) is 5.91 Å². The number of aromatic amines is 1. The molecule has 2 N–H and O–H groups in total. The third-order valence-electron chi connectivity index (χ3n) is 8.78. The number of hydrogen-bond acceptors (Lipinski definition) is 6. The van der Waals surface area contributed by atoms with Crippen LogP contribution >= 0.6 is 0 Å². The molecule has 13 heteroatoms. The SMILES string of the molecule is COc1cc(-c2cc(C(=O)N3CC[C@H](C(=O)N[C@H]4CC[C@@](CC#N)(C(F)(F)F)CC4)CC34CC4)n[nH]2)c(F)cn1. The Kier molecular flexibility index (Phi) is 7.22. The summed E-state index contributed by atoms with van der Waals surface area (Å²) in [5.74, 6) is -1.25. The summed E-state index contributed by atoms with van der Waals surface area (Å²) < 4.78 is 60.2. The minimum Gasteiger partial charge on any atom is -0.481 e. The van der Waals surface area contributed by atoms with Crippen LogP contribution < -0.4 is 10.1 Å². The highest BCUT2D eigenvalue weighted by atomic mass is 19.4. The number of carbonyl (C=O) groups excluding carboxylic acids is 2. The lowest BCUT2D eigenvalue weighted by molar-refractivity contribution is -0.234. The highest BCUT2D eigenvalue weighted by molar-refractivity contribution is 5.94. The van der Waals surface area contributed by atoms with Crippen LogP contribution in [0.5, 0.6) is 5.88 Å². The maximum absolute atomic E-state index is 14.3. The van der Waals surface area contributed by atoms with Gasteiger partial charge in [0, 0.05) is 42.1 Å². The lowest BCUT2D eigenvalue weighted by atomic mass is 9.70. The first-order valence-electron chi connectivity index (χ1n) is 13.3. The summed E-state index contributed by atoms with van der Waals surface area (Å²) in [5, 5.41) is 18.7. The second-order valence-electron chi connectivity index (χ2n) is 11.1. The van der Waals surface area contributed by atoms with Gasteiger partial charge in [-0.3, -0.25) is 14.7 Å². The quantitative estimate of drug-likeness (QED) is 0.499. The molecule has 2 saturated carbocycles. The molecule has 0 bridgehead atoms. The summed E-state index contributed by atoms with van der Waals surface area (Å²) in [5.41, 5.74) is -1.87. The van der Waals surface area contributed by atoms with Crippen molar-refractivity contribution in [2.24, 2.45) is 11.3 Å². The summed E-state index contributed by atoms with van der Waals surface area (Å²) >= 11 is 0. The van der Waals surface area contributed by atoms with Crippen LogP contribution in [-0.4, -0.2) is 63.3 Å². The predicted molar refractivity (Wildman–Crippen MR) is 133 cm³/mol. The zero-order chi connectivity index (χ0) is 28.7. The third-order valence-corrected chi connectivity index (χ3v) is 8.78. The minimum absolute atomic E-state index is 0.132. The average Bonchev–Trinajstić information content (AvgIpc) is 3.50. The molecule has 2 aromatic rings. The number of hydrogen-bond donors (Lipinski definition) is 2. The number of alkyl halides is 3. The van der Waals surface area contributed by atoms with Crippen LogP contribution in [0.25, 0.3) is 11.3 Å². The third kappa shape index (κ3) is 5.11. The maximum atomic E-state index is 14.3. The standard InChI is InChI=1S/C27H30F4N6O3/c1-40-22-12-18(19(28)15-33-22)20-13-21(36-35-20)24(39)37-11-4-16(14-26(37)7-8-26)23(38)34-17-2-5-25(6-3-17,9-10-32)27(29,30)31/h12-13,15-17H,2-9,11,14H2,1H3,(H,34,38)(H,35,36)/t16-,17-,25+/m0/s1. The van der Waals surface area contributed by atoms with Crippen LogP contribution in [0.2, 0.25) is 0 Å². The fourth-order valence-electron chi connectivity index (χ4n) is 6.14. The number of likely N-dealkylation sites (tertiary alicyclic amines) is 1. The van der Waals surface area contributed by atoms with Crippen LogP contribution in [0.4, 0.5) is 17.6 Å². The second kappa shape index (κ2) is 10.4. The first kappa shape index (κ1) is 27.9. The van der Waals surface area contributed by atoms with Gasteiger partial charge < -0.3 is 15.0 Å². The van der Waals surface area contributed by atoms with Crippen molar-refractivity contribution in [1.82, 2.24) is 25.4 Å². The fourth-order valence-corrected chi connectivity index (χ4v) is 6.14. The second-order valence-corrected chi connectivity index (χ2v) is 11.1. The number of nitriles is 1. The highest BCUT2D eigenvalue weighted by Gasteiger charge is 2.57. The van der Waals surface area contributed by atoms with E-state index < -0.39 is 29.4 Å². The van der Waals surface area contributed by atoms with E-state index in [2.05, 4.69) is 20.5 Å². The molecule has 3 heterocycles. The number of piperidine rings is 1. The molecule has 2 aromatic heterocycles. The molecule has 1 spiro atoms. The number of rotatable bonds is 6. The molecular weight excluding hydrogens is 532 g/mol. The number of methoxy groups -OCH3 is 1. The van der Waals surface area contributed by atoms with E-state index in [0.29, 0.717) is 25.1 Å². The zero-order valence-electron chi connectivity index (χ0n) is 22.0. The van der Waals surface area contributed by atoms with Gasteiger partial charge in [0.2, 0.25) is 11.8 Å². The van der Waals surface area contributed by atoms with Crippen molar-refractivity contribution < 1.29 is 31.9 Å². The van der Waals surface area contributed by atoms with Crippen molar-refractivity contribution in [3.05, 3.63) is 29.8 Å². The predicted octanol–water partition coefficient (Wildman–Crippen LogP) is 4.53. The Balaban J connectivity index is 1.20. The van der Waals surface area contributed by atoms with E-state index in [4.69, 9.17) is 10.00 Å². The number of aromatic nitrogens is 3. The molecule has 214 valence electrons. The molecule has 3 aliphatic rings. The maximum Gasteiger partial charge on any atom is 0.395 e. The summed E-state index contributed by atoms with van der Waals surface area (Å²) in [6.45, 7) is 0.334. The fraction of sp³-hybridized carbons (Fsp3) is 0.593. The van der Waals surface area contributed by atoms with Gasteiger partial charge in [0.15, 0.2) is 11.5 Å².